The van der Waals surface area contributed by atoms with Crippen molar-refractivity contribution in [1.82, 2.24) is 10.6 Å². The first kappa shape index (κ1) is 18.7. The molecule has 2 aromatic rings. The molecule has 0 fully saturated rings. The van der Waals surface area contributed by atoms with Crippen molar-refractivity contribution in [3.8, 4) is 11.1 Å². The Kier molecular flexibility index (Phi) is 6.71. The molecule has 2 rings (SSSR count). The monoisotopic (exact) mass is 340 g/mol. The molecule has 0 bridgehead atoms. The highest BCUT2D eigenvalue weighted by Crippen LogP contribution is 2.24. The van der Waals surface area contributed by atoms with Crippen LogP contribution in [0.1, 0.15) is 29.8 Å². The Morgan fingerprint density at radius 2 is 1.72 bits per heavy atom. The summed E-state index contributed by atoms with van der Waals surface area (Å²) < 4.78 is 0. The normalized spacial score (nSPS) is 10.6. The van der Waals surface area contributed by atoms with Crippen LogP contribution in [0.5, 0.6) is 0 Å². The van der Waals surface area contributed by atoms with Crippen molar-refractivity contribution in [1.29, 1.82) is 0 Å². The lowest BCUT2D eigenvalue weighted by Crippen LogP contribution is -2.36. The van der Waals surface area contributed by atoms with E-state index in [0.717, 1.165) is 16.7 Å². The standard InChI is InChI=1S/C20H24N2O3/c1-14(2)19(24)21-10-11-22-20(25)16-8-5-7-15(12-16)18-9-4-3-6-17(18)13-23/h3-9,12,14,23H,10-11,13H2,1-2H3,(H,21,24)(H,22,25). The molecule has 0 radical (unpaired) electrons. The molecule has 0 aliphatic heterocycles. The number of hydrogen-bond acceptors (Lipinski definition) is 3. The first-order chi connectivity index (χ1) is 12.0. The summed E-state index contributed by atoms with van der Waals surface area (Å²) in [6.07, 6.45) is 0. The van der Waals surface area contributed by atoms with Gasteiger partial charge in [-0.1, -0.05) is 50.2 Å². The Labute approximate surface area is 148 Å². The predicted octanol–water partition coefficient (Wildman–Crippen LogP) is 2.35. The number of aliphatic hydroxyl groups excluding tert-OH is 1. The van der Waals surface area contributed by atoms with Crippen LogP contribution in [-0.4, -0.2) is 30.0 Å². The third-order valence-electron chi connectivity index (χ3n) is 3.86. The highest BCUT2D eigenvalue weighted by molar-refractivity contribution is 5.95. The minimum Gasteiger partial charge on any atom is -0.392 e. The Bertz CT molecular complexity index is 741. The molecule has 0 heterocycles. The Hall–Kier alpha value is -2.66. The van der Waals surface area contributed by atoms with Gasteiger partial charge in [0.25, 0.3) is 5.91 Å². The van der Waals surface area contributed by atoms with Crippen LogP contribution in [0.25, 0.3) is 11.1 Å². The lowest BCUT2D eigenvalue weighted by Gasteiger charge is -2.11. The average Bonchev–Trinajstić information content (AvgIpc) is 2.64. The van der Waals surface area contributed by atoms with Gasteiger partial charge in [-0.2, -0.15) is 0 Å². The van der Waals surface area contributed by atoms with Crippen LogP contribution in [0, 0.1) is 5.92 Å². The van der Waals surface area contributed by atoms with E-state index >= 15 is 0 Å². The van der Waals surface area contributed by atoms with Gasteiger partial charge in [-0.3, -0.25) is 9.59 Å². The van der Waals surface area contributed by atoms with Gasteiger partial charge >= 0.3 is 0 Å². The van der Waals surface area contributed by atoms with Crippen LogP contribution in [-0.2, 0) is 11.4 Å². The van der Waals surface area contributed by atoms with E-state index in [0.29, 0.717) is 18.7 Å². The molecule has 0 aliphatic carbocycles. The molecule has 5 nitrogen and oxygen atoms in total. The van der Waals surface area contributed by atoms with Crippen molar-refractivity contribution in [2.45, 2.75) is 20.5 Å². The van der Waals surface area contributed by atoms with E-state index in [4.69, 9.17) is 0 Å². The molecule has 0 spiro atoms. The van der Waals surface area contributed by atoms with E-state index in [1.165, 1.54) is 0 Å². The number of rotatable bonds is 7. The van der Waals surface area contributed by atoms with Gasteiger partial charge in [0, 0.05) is 24.6 Å². The summed E-state index contributed by atoms with van der Waals surface area (Å²) in [6, 6.07) is 14.8. The summed E-state index contributed by atoms with van der Waals surface area (Å²) in [4.78, 5) is 23.8. The maximum Gasteiger partial charge on any atom is 0.251 e. The van der Waals surface area contributed by atoms with Crippen LogP contribution < -0.4 is 10.6 Å². The minimum atomic E-state index is -0.192. The van der Waals surface area contributed by atoms with E-state index < -0.39 is 0 Å². The van der Waals surface area contributed by atoms with Crippen molar-refractivity contribution in [2.24, 2.45) is 5.92 Å². The van der Waals surface area contributed by atoms with Crippen LogP contribution >= 0.6 is 0 Å². The summed E-state index contributed by atoms with van der Waals surface area (Å²) in [5.74, 6) is -0.294. The van der Waals surface area contributed by atoms with Gasteiger partial charge in [-0.25, -0.2) is 0 Å². The zero-order valence-corrected chi connectivity index (χ0v) is 14.6. The molecular weight excluding hydrogens is 316 g/mol. The number of aliphatic hydroxyl groups is 1. The molecule has 0 aromatic heterocycles. The van der Waals surface area contributed by atoms with E-state index in [1.807, 2.05) is 50.2 Å². The molecule has 2 amide bonds. The fraction of sp³-hybridized carbons (Fsp3) is 0.300. The largest absolute Gasteiger partial charge is 0.392 e. The second-order valence-corrected chi connectivity index (χ2v) is 6.10. The van der Waals surface area contributed by atoms with Gasteiger partial charge in [0.15, 0.2) is 0 Å². The second-order valence-electron chi connectivity index (χ2n) is 6.10. The lowest BCUT2D eigenvalue weighted by molar-refractivity contribution is -0.123. The second kappa shape index (κ2) is 8.99. The van der Waals surface area contributed by atoms with E-state index in [2.05, 4.69) is 10.6 Å². The molecule has 0 aliphatic rings. The number of carbonyl (C=O) groups excluding carboxylic acids is 2. The first-order valence-electron chi connectivity index (χ1n) is 8.38. The summed E-state index contributed by atoms with van der Waals surface area (Å²) in [6.45, 7) is 4.36. The zero-order chi connectivity index (χ0) is 18.2. The molecule has 0 saturated heterocycles. The zero-order valence-electron chi connectivity index (χ0n) is 14.6. The quantitative estimate of drug-likeness (QED) is 0.677. The van der Waals surface area contributed by atoms with Crippen molar-refractivity contribution >= 4 is 11.8 Å². The summed E-state index contributed by atoms with van der Waals surface area (Å²) >= 11 is 0. The molecule has 0 unspecified atom stereocenters. The molecule has 0 atom stereocenters. The third-order valence-corrected chi connectivity index (χ3v) is 3.86. The molecule has 132 valence electrons. The number of carbonyl (C=O) groups is 2. The van der Waals surface area contributed by atoms with Gasteiger partial charge in [-0.15, -0.1) is 0 Å². The highest BCUT2D eigenvalue weighted by Gasteiger charge is 2.10. The first-order valence-corrected chi connectivity index (χ1v) is 8.38. The highest BCUT2D eigenvalue weighted by atomic mass is 16.3. The Morgan fingerprint density at radius 1 is 1.00 bits per heavy atom. The van der Waals surface area contributed by atoms with E-state index in [-0.39, 0.29) is 24.3 Å². The number of amides is 2. The SMILES string of the molecule is CC(C)C(=O)NCCNC(=O)c1cccc(-c2ccccc2CO)c1. The van der Waals surface area contributed by atoms with Gasteiger partial charge in [-0.05, 0) is 28.8 Å². The molecule has 5 heteroatoms. The molecule has 3 N–H and O–H groups in total. The molecular formula is C20H24N2O3. The van der Waals surface area contributed by atoms with Crippen molar-refractivity contribution in [3.63, 3.8) is 0 Å². The van der Waals surface area contributed by atoms with Gasteiger partial charge in [0.05, 0.1) is 6.61 Å². The summed E-state index contributed by atoms with van der Waals surface area (Å²) in [5.41, 5.74) is 3.14. The predicted molar refractivity (Wildman–Crippen MR) is 98.0 cm³/mol. The summed E-state index contributed by atoms with van der Waals surface area (Å²) in [7, 11) is 0. The fourth-order valence-corrected chi connectivity index (χ4v) is 2.44. The Morgan fingerprint density at radius 3 is 2.44 bits per heavy atom. The van der Waals surface area contributed by atoms with Crippen LogP contribution in [0.4, 0.5) is 0 Å². The number of nitrogens with one attached hydrogen (secondary N) is 2. The third kappa shape index (κ3) is 5.16. The smallest absolute Gasteiger partial charge is 0.251 e. The maximum atomic E-state index is 12.3. The minimum absolute atomic E-state index is 0.0307. The topological polar surface area (TPSA) is 78.4 Å². The van der Waals surface area contributed by atoms with Crippen LogP contribution in [0.15, 0.2) is 48.5 Å². The van der Waals surface area contributed by atoms with Gasteiger partial charge in [0.2, 0.25) is 5.91 Å². The summed E-state index contributed by atoms with van der Waals surface area (Å²) in [5, 5.41) is 15.0. The fourth-order valence-electron chi connectivity index (χ4n) is 2.44. The van der Waals surface area contributed by atoms with Crippen LogP contribution in [0.3, 0.4) is 0 Å². The molecule has 0 saturated carbocycles. The van der Waals surface area contributed by atoms with Gasteiger partial charge in [0.1, 0.15) is 0 Å². The van der Waals surface area contributed by atoms with E-state index in [9.17, 15) is 14.7 Å². The Balaban J connectivity index is 2.01. The van der Waals surface area contributed by atoms with Crippen molar-refractivity contribution in [3.05, 3.63) is 59.7 Å². The number of benzene rings is 2. The maximum absolute atomic E-state index is 12.3. The molecule has 2 aromatic carbocycles. The van der Waals surface area contributed by atoms with Gasteiger partial charge < -0.3 is 15.7 Å². The van der Waals surface area contributed by atoms with Crippen molar-refractivity contribution in [2.75, 3.05) is 13.1 Å². The van der Waals surface area contributed by atoms with E-state index in [1.54, 1.807) is 12.1 Å². The van der Waals surface area contributed by atoms with Crippen molar-refractivity contribution < 1.29 is 14.7 Å². The lowest BCUT2D eigenvalue weighted by atomic mass is 9.98. The van der Waals surface area contributed by atoms with Crippen LogP contribution in [0.2, 0.25) is 0 Å². The molecule has 25 heavy (non-hydrogen) atoms. The number of hydrogen-bond donors (Lipinski definition) is 3. The average molecular weight is 340 g/mol.